The highest BCUT2D eigenvalue weighted by Crippen LogP contribution is 2.57. The lowest BCUT2D eigenvalue weighted by atomic mass is 9.86. The fourth-order valence-electron chi connectivity index (χ4n) is 6.12. The average Bonchev–Trinajstić information content (AvgIpc) is 3.66. The van der Waals surface area contributed by atoms with E-state index < -0.39 is 17.6 Å². The van der Waals surface area contributed by atoms with Gasteiger partial charge in [0, 0.05) is 34.7 Å². The third-order valence-corrected chi connectivity index (χ3v) is 11.0. The predicted octanol–water partition coefficient (Wildman–Crippen LogP) is 7.31. The molecule has 0 aliphatic heterocycles. The van der Waals surface area contributed by atoms with Crippen LogP contribution in [0.1, 0.15) is 84.3 Å². The summed E-state index contributed by atoms with van der Waals surface area (Å²) in [5, 5.41) is 10.1. The molecular formula is C32H37F3IN3O4S. The van der Waals surface area contributed by atoms with Crippen molar-refractivity contribution in [2.75, 3.05) is 19.0 Å². The minimum absolute atomic E-state index is 0.0571. The number of rotatable bonds is 8. The fraction of sp³-hybridized carbons (Fsp3) is 0.594. The zero-order chi connectivity index (χ0) is 31.6. The number of carbonyl (C=O) groups excluding carboxylic acids is 1. The molecule has 2 heterocycles. The Morgan fingerprint density at radius 2 is 1.80 bits per heavy atom. The van der Waals surface area contributed by atoms with Gasteiger partial charge in [0.25, 0.3) is 0 Å². The van der Waals surface area contributed by atoms with Gasteiger partial charge in [0.2, 0.25) is 11.8 Å². The van der Waals surface area contributed by atoms with E-state index in [1.165, 1.54) is 6.07 Å². The second kappa shape index (κ2) is 13.5. The lowest BCUT2D eigenvalue weighted by Gasteiger charge is -2.39. The van der Waals surface area contributed by atoms with Crippen molar-refractivity contribution in [2.24, 2.45) is 11.3 Å². The second-order valence-corrected chi connectivity index (χ2v) is 15.2. The quantitative estimate of drug-likeness (QED) is 0.174. The molecule has 0 saturated heterocycles. The van der Waals surface area contributed by atoms with Crippen LogP contribution in [-0.4, -0.2) is 63.2 Å². The summed E-state index contributed by atoms with van der Waals surface area (Å²) in [4.78, 5) is 34.8. The number of hydrogen-bond acceptors (Lipinski definition) is 6. The first-order chi connectivity index (χ1) is 20.8. The van der Waals surface area contributed by atoms with E-state index in [-0.39, 0.29) is 52.3 Å². The Kier molecular flexibility index (Phi) is 10.2. The highest BCUT2D eigenvalue weighted by atomic mass is 127. The van der Waals surface area contributed by atoms with Crippen LogP contribution < -0.4 is 9.64 Å². The highest BCUT2D eigenvalue weighted by Gasteiger charge is 2.62. The lowest BCUT2D eigenvalue weighted by molar-refractivity contribution is -0.168. The van der Waals surface area contributed by atoms with Crippen LogP contribution in [0.2, 0.25) is 0 Å². The molecule has 0 aromatic carbocycles. The third-order valence-electron chi connectivity index (χ3n) is 8.72. The summed E-state index contributed by atoms with van der Waals surface area (Å²) in [6.07, 6.45) is 2.88. The molecule has 0 radical (unpaired) electrons. The number of carbonyl (C=O) groups is 2. The Morgan fingerprint density at radius 3 is 2.39 bits per heavy atom. The number of amides is 1. The number of halogens is 4. The van der Waals surface area contributed by atoms with Crippen LogP contribution in [0.15, 0.2) is 24.4 Å². The van der Waals surface area contributed by atoms with Crippen molar-refractivity contribution in [1.29, 1.82) is 0 Å². The van der Waals surface area contributed by atoms with Gasteiger partial charge in [-0.05, 0) is 96.0 Å². The standard InChI is InChI=1S/C32H37F3IN3O4S/c1-38(2)19-20-12-16-37-27(17-20)43-24-9-7-23(8-10-24)39(29(40)21-3-5-22(36)6-4-21)26-18-25(44-28(26)30(41)42)11-13-31(14-15-31)32(33,34)35/h12,16-18,21-24H,3-10,14-15,19H2,1-2H3,(H,41,42)/t21-,22-,23-,24-. The minimum atomic E-state index is -4.43. The molecule has 0 atom stereocenters. The summed E-state index contributed by atoms with van der Waals surface area (Å²) in [5.41, 5.74) is -0.687. The summed E-state index contributed by atoms with van der Waals surface area (Å²) < 4.78 is 47.2. The van der Waals surface area contributed by atoms with Crippen molar-refractivity contribution in [3.8, 4) is 17.7 Å². The average molecular weight is 744 g/mol. The molecule has 1 N–H and O–H groups in total. The maximum absolute atomic E-state index is 14.2. The van der Waals surface area contributed by atoms with Gasteiger partial charge in [0.15, 0.2) is 0 Å². The molecule has 0 unspecified atom stereocenters. The number of alkyl halides is 4. The van der Waals surface area contributed by atoms with Crippen LogP contribution in [0, 0.1) is 23.2 Å². The van der Waals surface area contributed by atoms with Crippen molar-refractivity contribution in [2.45, 2.75) is 93.0 Å². The molecule has 3 saturated carbocycles. The Bertz CT molecular complexity index is 1420. The van der Waals surface area contributed by atoms with Crippen LogP contribution in [0.25, 0.3) is 0 Å². The number of carboxylic acids is 1. The van der Waals surface area contributed by atoms with Gasteiger partial charge in [-0.3, -0.25) is 4.79 Å². The number of carboxylic acid groups (broad SMARTS) is 1. The fourth-order valence-corrected chi connectivity index (χ4v) is 7.68. The normalized spacial score (nSPS) is 24.7. The number of aromatic nitrogens is 1. The third kappa shape index (κ3) is 7.70. The molecule has 3 aliphatic carbocycles. The summed E-state index contributed by atoms with van der Waals surface area (Å²) >= 11 is 3.25. The van der Waals surface area contributed by atoms with Gasteiger partial charge in [-0.25, -0.2) is 9.78 Å². The Morgan fingerprint density at radius 1 is 1.11 bits per heavy atom. The van der Waals surface area contributed by atoms with Crippen LogP contribution >= 0.6 is 33.9 Å². The predicted molar refractivity (Wildman–Crippen MR) is 171 cm³/mol. The van der Waals surface area contributed by atoms with Gasteiger partial charge in [-0.2, -0.15) is 13.2 Å². The van der Waals surface area contributed by atoms with Gasteiger partial charge >= 0.3 is 12.1 Å². The van der Waals surface area contributed by atoms with Crippen molar-refractivity contribution in [3.63, 3.8) is 0 Å². The molecule has 7 nitrogen and oxygen atoms in total. The van der Waals surface area contributed by atoms with Crippen molar-refractivity contribution in [3.05, 3.63) is 39.7 Å². The van der Waals surface area contributed by atoms with E-state index in [9.17, 15) is 27.9 Å². The summed E-state index contributed by atoms with van der Waals surface area (Å²) in [5.74, 6) is 4.00. The van der Waals surface area contributed by atoms with Gasteiger partial charge in [0.1, 0.15) is 16.4 Å². The van der Waals surface area contributed by atoms with Crippen LogP contribution in [0.3, 0.4) is 0 Å². The van der Waals surface area contributed by atoms with Gasteiger partial charge in [0.05, 0.1) is 10.6 Å². The molecule has 44 heavy (non-hydrogen) atoms. The zero-order valence-corrected chi connectivity index (χ0v) is 27.8. The van der Waals surface area contributed by atoms with E-state index in [1.807, 2.05) is 26.2 Å². The van der Waals surface area contributed by atoms with Crippen molar-refractivity contribution >= 4 is 51.5 Å². The van der Waals surface area contributed by atoms with E-state index in [2.05, 4.69) is 44.3 Å². The van der Waals surface area contributed by atoms with Crippen LogP contribution in [0.5, 0.6) is 5.88 Å². The minimum Gasteiger partial charge on any atom is -0.477 e. The Labute approximate surface area is 273 Å². The number of thiophene rings is 1. The van der Waals surface area contributed by atoms with Gasteiger partial charge < -0.3 is 19.6 Å². The molecule has 238 valence electrons. The number of aromatic carboxylic acids is 1. The number of ether oxygens (including phenoxy) is 1. The first kappa shape index (κ1) is 33.0. The number of pyridine rings is 1. The number of anilines is 1. The maximum Gasteiger partial charge on any atom is 0.405 e. The number of hydrogen-bond donors (Lipinski definition) is 1. The molecule has 3 fully saturated rings. The molecule has 0 spiro atoms. The largest absolute Gasteiger partial charge is 0.477 e. The zero-order valence-electron chi connectivity index (χ0n) is 24.8. The molecular weight excluding hydrogens is 706 g/mol. The van der Waals surface area contributed by atoms with Crippen LogP contribution in [-0.2, 0) is 11.3 Å². The van der Waals surface area contributed by atoms with E-state index in [1.54, 1.807) is 11.1 Å². The molecule has 2 aromatic heterocycles. The van der Waals surface area contributed by atoms with E-state index in [0.29, 0.717) is 35.5 Å². The molecule has 1 amide bonds. The van der Waals surface area contributed by atoms with Crippen LogP contribution in [0.4, 0.5) is 18.9 Å². The lowest BCUT2D eigenvalue weighted by Crippen LogP contribution is -2.47. The Hall–Kier alpha value is -2.37. The smallest absolute Gasteiger partial charge is 0.405 e. The van der Waals surface area contributed by atoms with Crippen molar-refractivity contribution in [1.82, 2.24) is 9.88 Å². The number of nitrogens with zero attached hydrogens (tertiary/aromatic N) is 3. The van der Waals surface area contributed by atoms with Gasteiger partial charge in [-0.15, -0.1) is 11.3 Å². The summed E-state index contributed by atoms with van der Waals surface area (Å²) in [6, 6.07) is 5.14. The molecule has 2 aromatic rings. The first-order valence-corrected chi connectivity index (χ1v) is 17.1. The molecule has 5 rings (SSSR count). The maximum atomic E-state index is 14.2. The van der Waals surface area contributed by atoms with E-state index >= 15 is 0 Å². The van der Waals surface area contributed by atoms with E-state index in [0.717, 1.165) is 49.1 Å². The SMILES string of the molecule is CN(C)Cc1ccnc(O[C@H]2CC[C@H](N(c3cc(C#CC4(C(F)(F)F)CC4)sc3C(=O)O)C(=O)[C@H]3CC[C@H](I)CC3)CC2)c1. The van der Waals surface area contributed by atoms with Gasteiger partial charge in [-0.1, -0.05) is 34.4 Å². The molecule has 12 heteroatoms. The van der Waals surface area contributed by atoms with Crippen molar-refractivity contribution < 1.29 is 32.6 Å². The topological polar surface area (TPSA) is 83.0 Å². The summed E-state index contributed by atoms with van der Waals surface area (Å²) in [7, 11) is 3.99. The monoisotopic (exact) mass is 743 g/mol. The van der Waals surface area contributed by atoms with E-state index in [4.69, 9.17) is 4.74 Å². The first-order valence-electron chi connectivity index (χ1n) is 15.1. The Balaban J connectivity index is 1.38. The molecule has 0 bridgehead atoms. The summed E-state index contributed by atoms with van der Waals surface area (Å²) in [6.45, 7) is 0.762. The molecule has 3 aliphatic rings. The highest BCUT2D eigenvalue weighted by molar-refractivity contribution is 14.1. The second-order valence-electron chi connectivity index (χ2n) is 12.4.